The van der Waals surface area contributed by atoms with E-state index in [0.717, 1.165) is 16.9 Å². The van der Waals surface area contributed by atoms with E-state index in [4.69, 9.17) is 17.3 Å². The Kier molecular flexibility index (Phi) is 2.65. The largest absolute Gasteiger partial charge is 0.383 e. The fourth-order valence-electron chi connectivity index (χ4n) is 1.15. The fourth-order valence-corrected chi connectivity index (χ4v) is 2.15. The van der Waals surface area contributed by atoms with Gasteiger partial charge in [0.15, 0.2) is 4.47 Å². The molecule has 0 radical (unpaired) electrons. The van der Waals surface area contributed by atoms with E-state index in [1.54, 1.807) is 12.4 Å². The van der Waals surface area contributed by atoms with Crippen LogP contribution in [0.15, 0.2) is 24.5 Å². The van der Waals surface area contributed by atoms with Crippen molar-refractivity contribution in [3.8, 4) is 0 Å². The molecule has 14 heavy (non-hydrogen) atoms. The summed E-state index contributed by atoms with van der Waals surface area (Å²) in [6.45, 7) is 0. The highest BCUT2D eigenvalue weighted by atomic mass is 35.5. The Balaban J connectivity index is 2.23. The van der Waals surface area contributed by atoms with Crippen LogP contribution in [0.2, 0.25) is 4.47 Å². The lowest BCUT2D eigenvalue weighted by Crippen LogP contribution is -1.96. The van der Waals surface area contributed by atoms with Crippen molar-refractivity contribution in [1.29, 1.82) is 0 Å². The van der Waals surface area contributed by atoms with Gasteiger partial charge in [-0.05, 0) is 11.6 Å². The molecule has 2 N–H and O–H groups in total. The van der Waals surface area contributed by atoms with Crippen molar-refractivity contribution >= 4 is 28.8 Å². The number of hydrogen-bond acceptors (Lipinski definition) is 4. The summed E-state index contributed by atoms with van der Waals surface area (Å²) in [7, 11) is 0. The summed E-state index contributed by atoms with van der Waals surface area (Å²) in [6.07, 6.45) is 4.18. The van der Waals surface area contributed by atoms with Crippen LogP contribution in [0.5, 0.6) is 0 Å². The van der Waals surface area contributed by atoms with Gasteiger partial charge in [0.05, 0.1) is 0 Å². The maximum absolute atomic E-state index is 5.73. The van der Waals surface area contributed by atoms with Gasteiger partial charge in [0.2, 0.25) is 0 Å². The topological polar surface area (TPSA) is 51.8 Å². The normalized spacial score (nSPS) is 10.4. The highest BCUT2D eigenvalue weighted by Gasteiger charge is 2.04. The average Bonchev–Trinajstić information content (AvgIpc) is 2.56. The van der Waals surface area contributed by atoms with Crippen LogP contribution in [0.4, 0.5) is 5.82 Å². The van der Waals surface area contributed by atoms with Crippen LogP contribution in [0.25, 0.3) is 0 Å². The molecule has 3 nitrogen and oxygen atoms in total. The lowest BCUT2D eigenvalue weighted by Gasteiger charge is -2.00. The predicted octanol–water partition coefficient (Wildman–Crippen LogP) is 2.36. The van der Waals surface area contributed by atoms with Gasteiger partial charge < -0.3 is 5.73 Å². The zero-order valence-corrected chi connectivity index (χ0v) is 8.85. The Bertz CT molecular complexity index is 441. The smallest absolute Gasteiger partial charge is 0.183 e. The van der Waals surface area contributed by atoms with Crippen molar-refractivity contribution in [3.63, 3.8) is 0 Å². The summed E-state index contributed by atoms with van der Waals surface area (Å²) < 4.78 is 0.558. The molecule has 0 saturated heterocycles. The maximum atomic E-state index is 5.73. The molecule has 2 aromatic heterocycles. The monoisotopic (exact) mass is 225 g/mol. The van der Waals surface area contributed by atoms with Crippen molar-refractivity contribution in [2.45, 2.75) is 6.42 Å². The molecule has 0 aliphatic heterocycles. The van der Waals surface area contributed by atoms with Crippen molar-refractivity contribution in [2.24, 2.45) is 0 Å². The van der Waals surface area contributed by atoms with Crippen LogP contribution in [-0.4, -0.2) is 9.97 Å². The van der Waals surface area contributed by atoms with Crippen molar-refractivity contribution < 1.29 is 0 Å². The van der Waals surface area contributed by atoms with Gasteiger partial charge in [0, 0.05) is 23.7 Å². The number of rotatable bonds is 2. The highest BCUT2D eigenvalue weighted by Crippen LogP contribution is 2.22. The van der Waals surface area contributed by atoms with E-state index in [-0.39, 0.29) is 0 Å². The first-order valence-electron chi connectivity index (χ1n) is 4.05. The van der Waals surface area contributed by atoms with E-state index in [9.17, 15) is 0 Å². The van der Waals surface area contributed by atoms with E-state index >= 15 is 0 Å². The number of pyridine rings is 1. The van der Waals surface area contributed by atoms with E-state index in [0.29, 0.717) is 10.3 Å². The number of nitrogens with zero attached hydrogens (tertiary/aromatic N) is 2. The Labute approximate surface area is 90.6 Å². The Morgan fingerprint density at radius 3 is 2.93 bits per heavy atom. The molecule has 0 atom stereocenters. The standard InChI is InChI=1S/C9H8ClN3S/c10-9-13-5-7(14-9)4-6-2-1-3-12-8(6)11/h1-3,5H,4H2,(H2,11,12). The molecular formula is C9H8ClN3S. The highest BCUT2D eigenvalue weighted by molar-refractivity contribution is 7.15. The molecule has 2 heterocycles. The molecule has 0 saturated carbocycles. The second kappa shape index (κ2) is 3.94. The van der Waals surface area contributed by atoms with Crippen molar-refractivity contribution in [2.75, 3.05) is 5.73 Å². The van der Waals surface area contributed by atoms with E-state index in [1.165, 1.54) is 11.3 Å². The zero-order valence-electron chi connectivity index (χ0n) is 7.27. The Morgan fingerprint density at radius 2 is 2.29 bits per heavy atom. The van der Waals surface area contributed by atoms with E-state index in [1.807, 2.05) is 12.1 Å². The number of halogens is 1. The molecule has 72 valence electrons. The summed E-state index contributed by atoms with van der Waals surface area (Å²) in [5.74, 6) is 0.567. The number of thiazole rings is 1. The first-order valence-corrected chi connectivity index (χ1v) is 5.25. The van der Waals surface area contributed by atoms with Crippen molar-refractivity contribution in [1.82, 2.24) is 9.97 Å². The van der Waals surface area contributed by atoms with Gasteiger partial charge >= 0.3 is 0 Å². The molecule has 0 aromatic carbocycles. The van der Waals surface area contributed by atoms with Gasteiger partial charge in [0.1, 0.15) is 5.82 Å². The molecule has 0 unspecified atom stereocenters. The molecule has 5 heteroatoms. The lowest BCUT2D eigenvalue weighted by atomic mass is 10.2. The molecule has 0 fully saturated rings. The number of anilines is 1. The molecule has 0 aliphatic rings. The van der Waals surface area contributed by atoms with Gasteiger partial charge in [-0.3, -0.25) is 0 Å². The SMILES string of the molecule is Nc1ncccc1Cc1cnc(Cl)s1. The van der Waals surface area contributed by atoms with Crippen LogP contribution in [0.3, 0.4) is 0 Å². The molecule has 0 spiro atoms. The molecule has 0 amide bonds. The van der Waals surface area contributed by atoms with Gasteiger partial charge in [-0.15, -0.1) is 11.3 Å². The second-order valence-corrected chi connectivity index (χ2v) is 4.50. The summed E-state index contributed by atoms with van der Waals surface area (Å²) in [5, 5.41) is 0. The number of nitrogen functional groups attached to an aromatic ring is 1. The number of aromatic nitrogens is 2. The molecule has 2 rings (SSSR count). The zero-order chi connectivity index (χ0) is 9.97. The third-order valence-corrected chi connectivity index (χ3v) is 2.93. The van der Waals surface area contributed by atoms with Crippen LogP contribution in [-0.2, 0) is 6.42 Å². The second-order valence-electron chi connectivity index (χ2n) is 2.80. The van der Waals surface area contributed by atoms with Gasteiger partial charge in [-0.1, -0.05) is 17.7 Å². The molecule has 0 bridgehead atoms. The first-order chi connectivity index (χ1) is 6.75. The molecule has 2 aromatic rings. The third-order valence-electron chi connectivity index (χ3n) is 1.82. The van der Waals surface area contributed by atoms with Crippen LogP contribution in [0, 0.1) is 0 Å². The number of hydrogen-bond donors (Lipinski definition) is 1. The Hall–Kier alpha value is -1.13. The van der Waals surface area contributed by atoms with Crippen LogP contribution in [0.1, 0.15) is 10.4 Å². The van der Waals surface area contributed by atoms with Gasteiger partial charge in [-0.25, -0.2) is 9.97 Å². The fraction of sp³-hybridized carbons (Fsp3) is 0.111. The van der Waals surface area contributed by atoms with Crippen LogP contribution < -0.4 is 5.73 Å². The summed E-state index contributed by atoms with van der Waals surface area (Å²) in [6, 6.07) is 3.82. The lowest BCUT2D eigenvalue weighted by molar-refractivity contribution is 1.17. The first kappa shape index (κ1) is 9.43. The predicted molar refractivity (Wildman–Crippen MR) is 58.6 cm³/mol. The molecular weight excluding hydrogens is 218 g/mol. The summed E-state index contributed by atoms with van der Waals surface area (Å²) in [5.41, 5.74) is 6.72. The minimum atomic E-state index is 0.558. The Morgan fingerprint density at radius 1 is 1.43 bits per heavy atom. The van der Waals surface area contributed by atoms with E-state index < -0.39 is 0 Å². The maximum Gasteiger partial charge on any atom is 0.183 e. The minimum absolute atomic E-state index is 0.558. The minimum Gasteiger partial charge on any atom is -0.383 e. The molecule has 0 aliphatic carbocycles. The van der Waals surface area contributed by atoms with E-state index in [2.05, 4.69) is 9.97 Å². The van der Waals surface area contributed by atoms with Crippen LogP contribution >= 0.6 is 22.9 Å². The quantitative estimate of drug-likeness (QED) is 0.854. The number of nitrogens with two attached hydrogens (primary N) is 1. The average molecular weight is 226 g/mol. The summed E-state index contributed by atoms with van der Waals surface area (Å²) >= 11 is 7.19. The summed E-state index contributed by atoms with van der Waals surface area (Å²) in [4.78, 5) is 9.07. The van der Waals surface area contributed by atoms with Gasteiger partial charge in [0.25, 0.3) is 0 Å². The third kappa shape index (κ3) is 2.02. The van der Waals surface area contributed by atoms with Crippen molar-refractivity contribution in [3.05, 3.63) is 39.4 Å². The van der Waals surface area contributed by atoms with Gasteiger partial charge in [-0.2, -0.15) is 0 Å².